The molecular weight excluding hydrogens is 566 g/mol. The van der Waals surface area contributed by atoms with Gasteiger partial charge in [-0.05, 0) is 61.0 Å². The van der Waals surface area contributed by atoms with Crippen LogP contribution in [0.25, 0.3) is 17.4 Å². The number of carbonyl (C=O) groups is 2. The van der Waals surface area contributed by atoms with E-state index in [0.29, 0.717) is 49.1 Å². The van der Waals surface area contributed by atoms with Crippen molar-refractivity contribution in [2.24, 2.45) is 4.99 Å². The molecule has 1 atom stereocenters. The number of ether oxygens (including phenoxy) is 1. The highest BCUT2D eigenvalue weighted by Gasteiger charge is 2.32. The van der Waals surface area contributed by atoms with Gasteiger partial charge in [0.25, 0.3) is 11.5 Å². The van der Waals surface area contributed by atoms with Crippen LogP contribution in [0, 0.1) is 0 Å². The summed E-state index contributed by atoms with van der Waals surface area (Å²) in [5.41, 5.74) is 2.79. The highest BCUT2D eigenvalue weighted by Crippen LogP contribution is 2.32. The van der Waals surface area contributed by atoms with Crippen molar-refractivity contribution >= 4 is 35.0 Å². The zero-order valence-electron chi connectivity index (χ0n) is 23.1. The molecule has 0 unspecified atom stereocenters. The van der Waals surface area contributed by atoms with Crippen molar-refractivity contribution in [3.05, 3.63) is 139 Å². The van der Waals surface area contributed by atoms with Crippen LogP contribution >= 0.6 is 11.3 Å². The van der Waals surface area contributed by atoms with Gasteiger partial charge >= 0.3 is 5.97 Å². The smallest absolute Gasteiger partial charge is 0.335 e. The summed E-state index contributed by atoms with van der Waals surface area (Å²) in [6.45, 7) is 1.77. The van der Waals surface area contributed by atoms with E-state index in [9.17, 15) is 14.4 Å². The van der Waals surface area contributed by atoms with Crippen molar-refractivity contribution in [2.45, 2.75) is 13.0 Å². The van der Waals surface area contributed by atoms with Gasteiger partial charge in [-0.3, -0.25) is 14.2 Å². The second kappa shape index (κ2) is 11.4. The van der Waals surface area contributed by atoms with Crippen molar-refractivity contribution in [2.75, 3.05) is 12.4 Å². The number of nitrogens with zero attached hydrogens (tertiary/aromatic N) is 2. The lowest BCUT2D eigenvalue weighted by Crippen LogP contribution is -2.40. The Kier molecular flexibility index (Phi) is 7.35. The van der Waals surface area contributed by atoms with Gasteiger partial charge in [-0.1, -0.05) is 53.8 Å². The summed E-state index contributed by atoms with van der Waals surface area (Å²) in [7, 11) is 1.58. The normalized spacial score (nSPS) is 14.7. The van der Waals surface area contributed by atoms with Crippen molar-refractivity contribution < 1.29 is 23.8 Å². The van der Waals surface area contributed by atoms with Crippen molar-refractivity contribution in [3.8, 4) is 17.1 Å². The Balaban J connectivity index is 1.42. The van der Waals surface area contributed by atoms with Crippen LogP contribution in [0.2, 0.25) is 0 Å². The van der Waals surface area contributed by atoms with Crippen molar-refractivity contribution in [1.29, 1.82) is 0 Å². The Hall–Kier alpha value is -5.48. The number of amides is 1. The number of para-hydroxylation sites is 1. The van der Waals surface area contributed by atoms with Crippen LogP contribution in [-0.4, -0.2) is 28.7 Å². The minimum absolute atomic E-state index is 0.176. The number of carboxylic acid groups (broad SMARTS) is 1. The molecule has 2 aromatic heterocycles. The molecule has 0 radical (unpaired) electrons. The van der Waals surface area contributed by atoms with E-state index in [4.69, 9.17) is 14.3 Å². The lowest BCUT2D eigenvalue weighted by molar-refractivity contribution is -0.113. The largest absolute Gasteiger partial charge is 0.497 e. The average molecular weight is 592 g/mol. The van der Waals surface area contributed by atoms with E-state index in [1.54, 1.807) is 73.2 Å². The van der Waals surface area contributed by atoms with E-state index >= 15 is 0 Å². The molecule has 214 valence electrons. The van der Waals surface area contributed by atoms with E-state index in [2.05, 4.69) is 10.3 Å². The Morgan fingerprint density at radius 1 is 1.00 bits per heavy atom. The lowest BCUT2D eigenvalue weighted by atomic mass is 9.95. The van der Waals surface area contributed by atoms with Crippen LogP contribution in [0.5, 0.6) is 5.75 Å². The summed E-state index contributed by atoms with van der Waals surface area (Å²) in [6.07, 6.45) is 1.65. The molecule has 1 aliphatic heterocycles. The number of hydrogen-bond donors (Lipinski definition) is 2. The predicted octanol–water partition coefficient (Wildman–Crippen LogP) is 4.84. The number of fused-ring (bicyclic) bond motifs is 1. The molecule has 6 rings (SSSR count). The fraction of sp³-hybridized carbons (Fsp3) is 0.0909. The highest BCUT2D eigenvalue weighted by atomic mass is 32.1. The topological polar surface area (TPSA) is 123 Å². The second-order valence-corrected chi connectivity index (χ2v) is 10.8. The molecule has 10 heteroatoms. The van der Waals surface area contributed by atoms with Gasteiger partial charge in [-0.25, -0.2) is 9.79 Å². The van der Waals surface area contributed by atoms with Gasteiger partial charge in [0.15, 0.2) is 4.80 Å². The molecule has 0 bridgehead atoms. The molecular formula is C33H25N3O6S. The summed E-state index contributed by atoms with van der Waals surface area (Å²) in [6, 6.07) is 25.5. The number of methoxy groups -OCH3 is 1. The first-order valence-electron chi connectivity index (χ1n) is 13.3. The van der Waals surface area contributed by atoms with Crippen LogP contribution in [0.4, 0.5) is 5.69 Å². The van der Waals surface area contributed by atoms with Crippen molar-refractivity contribution in [1.82, 2.24) is 4.57 Å². The van der Waals surface area contributed by atoms with Crippen LogP contribution in [0.1, 0.15) is 34.6 Å². The summed E-state index contributed by atoms with van der Waals surface area (Å²) in [4.78, 5) is 43.9. The van der Waals surface area contributed by atoms with Gasteiger partial charge in [-0.15, -0.1) is 0 Å². The molecule has 9 nitrogen and oxygen atoms in total. The van der Waals surface area contributed by atoms with Gasteiger partial charge in [0.1, 0.15) is 17.3 Å². The van der Waals surface area contributed by atoms with Crippen molar-refractivity contribution in [3.63, 3.8) is 0 Å². The molecule has 5 aromatic rings. The van der Waals surface area contributed by atoms with Gasteiger partial charge < -0.3 is 19.6 Å². The zero-order chi connectivity index (χ0) is 30.1. The summed E-state index contributed by atoms with van der Waals surface area (Å²) in [5.74, 6) is 0.264. The number of furan rings is 1. The van der Waals surface area contributed by atoms with Gasteiger partial charge in [0.2, 0.25) is 0 Å². The number of rotatable bonds is 7. The number of carbonyl (C=O) groups excluding carboxylic acids is 1. The van der Waals surface area contributed by atoms with Crippen LogP contribution < -0.4 is 24.9 Å². The molecule has 1 amide bonds. The SMILES string of the molecule is COc1ccc([C@H]2C(C(=O)Nc3ccccc3)=C(C)N=c3s/c(=C\c4ccc(-c5ccc(C(=O)O)cc5)o4)c(=O)n32)cc1. The molecule has 3 aromatic carbocycles. The predicted molar refractivity (Wildman–Crippen MR) is 163 cm³/mol. The zero-order valence-corrected chi connectivity index (χ0v) is 23.9. The van der Waals surface area contributed by atoms with E-state index in [0.717, 1.165) is 5.56 Å². The number of carboxylic acids is 1. The fourth-order valence-corrected chi connectivity index (χ4v) is 5.95. The van der Waals surface area contributed by atoms with Crippen LogP contribution in [0.15, 0.2) is 116 Å². The monoisotopic (exact) mass is 591 g/mol. The third-order valence-electron chi connectivity index (χ3n) is 7.05. The summed E-state index contributed by atoms with van der Waals surface area (Å²) < 4.78 is 13.2. The molecule has 0 spiro atoms. The first-order valence-corrected chi connectivity index (χ1v) is 14.1. The standard InChI is InChI=1S/C33H25N3O6S/c1-19-28(30(37)35-23-6-4-3-5-7-23)29(21-12-14-24(41-2)15-13-21)36-31(38)27(43-33(36)34-19)18-25-16-17-26(42-25)20-8-10-22(11-9-20)32(39)40/h3-18,29H,1-2H3,(H,35,37)(H,39,40)/b27-18-/t29-/m0/s1. The van der Waals surface area contributed by atoms with Crippen LogP contribution in [-0.2, 0) is 4.79 Å². The number of thiazole rings is 1. The van der Waals surface area contributed by atoms with E-state index in [1.807, 2.05) is 30.3 Å². The molecule has 0 saturated carbocycles. The summed E-state index contributed by atoms with van der Waals surface area (Å²) >= 11 is 1.21. The van der Waals surface area contributed by atoms with E-state index in [-0.39, 0.29) is 17.0 Å². The number of hydrogen-bond acceptors (Lipinski definition) is 7. The molecule has 0 saturated heterocycles. The van der Waals surface area contributed by atoms with E-state index in [1.165, 1.54) is 23.5 Å². The maximum Gasteiger partial charge on any atom is 0.335 e. The Morgan fingerprint density at radius 3 is 2.40 bits per heavy atom. The quantitative estimate of drug-likeness (QED) is 0.279. The number of allylic oxidation sites excluding steroid dienone is 1. The first kappa shape index (κ1) is 27.7. The van der Waals surface area contributed by atoms with Gasteiger partial charge in [0, 0.05) is 17.3 Å². The molecule has 0 aliphatic carbocycles. The molecule has 43 heavy (non-hydrogen) atoms. The minimum Gasteiger partial charge on any atom is -0.497 e. The number of anilines is 1. The maximum absolute atomic E-state index is 13.9. The highest BCUT2D eigenvalue weighted by molar-refractivity contribution is 7.07. The fourth-order valence-electron chi connectivity index (χ4n) is 4.93. The van der Waals surface area contributed by atoms with E-state index < -0.39 is 12.0 Å². The number of nitrogens with one attached hydrogen (secondary N) is 1. The maximum atomic E-state index is 13.9. The number of benzene rings is 3. The second-order valence-electron chi connectivity index (χ2n) is 9.76. The first-order chi connectivity index (χ1) is 20.8. The molecule has 1 aliphatic rings. The van der Waals surface area contributed by atoms with Crippen LogP contribution in [0.3, 0.4) is 0 Å². The van der Waals surface area contributed by atoms with Gasteiger partial charge in [0.05, 0.1) is 34.5 Å². The average Bonchev–Trinajstić information content (AvgIpc) is 3.61. The Labute approximate surface area is 249 Å². The Morgan fingerprint density at radius 2 is 1.72 bits per heavy atom. The van der Waals surface area contributed by atoms with Gasteiger partial charge in [-0.2, -0.15) is 0 Å². The lowest BCUT2D eigenvalue weighted by Gasteiger charge is -2.25. The molecule has 2 N–H and O–H groups in total. The third kappa shape index (κ3) is 5.43. The molecule has 3 heterocycles. The Bertz CT molecular complexity index is 2050. The number of aromatic nitrogens is 1. The molecule has 0 fully saturated rings. The minimum atomic E-state index is -1.01. The number of aromatic carboxylic acids is 1. The third-order valence-corrected chi connectivity index (χ3v) is 8.03. The summed E-state index contributed by atoms with van der Waals surface area (Å²) in [5, 5.41) is 12.1.